The average molecular weight is 489 g/mol. The molecule has 0 N–H and O–H groups in total. The van der Waals surface area contributed by atoms with E-state index in [0.29, 0.717) is 29.7 Å². The highest BCUT2D eigenvalue weighted by molar-refractivity contribution is 7.74. The minimum absolute atomic E-state index is 0.00987. The number of fused-ring (bicyclic) bond motifs is 1. The Bertz CT molecular complexity index is 1560. The Morgan fingerprint density at radius 1 is 1.18 bits per heavy atom. The highest BCUT2D eigenvalue weighted by Crippen LogP contribution is 2.45. The summed E-state index contributed by atoms with van der Waals surface area (Å²) >= 11 is 0. The molecule has 13 heteroatoms. The first kappa shape index (κ1) is 22.1. The van der Waals surface area contributed by atoms with E-state index in [1.807, 2.05) is 0 Å². The Morgan fingerprint density at radius 3 is 2.56 bits per heavy atom. The Kier molecular flexibility index (Phi) is 5.35. The third kappa shape index (κ3) is 3.71. The Hall–Kier alpha value is -3.74. The third-order valence-corrected chi connectivity index (χ3v) is 7.02. The van der Waals surface area contributed by atoms with Crippen molar-refractivity contribution in [3.8, 4) is 0 Å². The summed E-state index contributed by atoms with van der Waals surface area (Å²) in [5.41, 5.74) is -1.17. The van der Waals surface area contributed by atoms with Crippen molar-refractivity contribution in [2.24, 2.45) is 7.05 Å². The van der Waals surface area contributed by atoms with Crippen LogP contribution >= 0.6 is 0 Å². The van der Waals surface area contributed by atoms with Gasteiger partial charge >= 0.3 is 5.69 Å². The number of hydrogen-bond acceptors (Lipinski definition) is 7. The van der Waals surface area contributed by atoms with Crippen molar-refractivity contribution in [2.75, 3.05) is 11.0 Å². The van der Waals surface area contributed by atoms with E-state index in [9.17, 15) is 22.4 Å². The molecule has 1 aliphatic rings. The van der Waals surface area contributed by atoms with Crippen molar-refractivity contribution in [2.45, 2.75) is 31.5 Å². The predicted molar refractivity (Wildman–Crippen MR) is 121 cm³/mol. The van der Waals surface area contributed by atoms with Gasteiger partial charge in [-0.3, -0.25) is 22.9 Å². The van der Waals surface area contributed by atoms with Crippen LogP contribution in [0.2, 0.25) is 0 Å². The molecule has 1 fully saturated rings. The maximum Gasteiger partial charge on any atom is 0.332 e. The van der Waals surface area contributed by atoms with Crippen LogP contribution in [0.3, 0.4) is 0 Å². The maximum atomic E-state index is 13.7. The van der Waals surface area contributed by atoms with Gasteiger partial charge in [0.15, 0.2) is 6.39 Å². The minimum Gasteiger partial charge on any atom is -0.447 e. The van der Waals surface area contributed by atoms with Gasteiger partial charge in [0.05, 0.1) is 47.6 Å². The number of oxazole rings is 1. The van der Waals surface area contributed by atoms with Crippen LogP contribution in [0.15, 0.2) is 57.2 Å². The Morgan fingerprint density at radius 2 is 1.97 bits per heavy atom. The molecule has 1 saturated carbocycles. The maximum absolute atomic E-state index is 13.7. The van der Waals surface area contributed by atoms with Crippen molar-refractivity contribution in [1.82, 2.24) is 23.9 Å². The number of nitrogens with zero attached hydrogens (tertiary/aromatic N) is 6. The number of aromatic nitrogens is 5. The van der Waals surface area contributed by atoms with Gasteiger partial charge in [-0.25, -0.2) is 22.6 Å². The topological polar surface area (TPSA) is 125 Å². The van der Waals surface area contributed by atoms with E-state index in [0.717, 1.165) is 8.87 Å². The van der Waals surface area contributed by atoms with E-state index >= 15 is 0 Å². The van der Waals surface area contributed by atoms with Gasteiger partial charge in [0.1, 0.15) is 12.4 Å². The number of halogens is 1. The molecule has 0 saturated heterocycles. The van der Waals surface area contributed by atoms with E-state index < -0.39 is 34.4 Å². The number of thiol groups is 1. The number of benzene rings is 1. The summed E-state index contributed by atoms with van der Waals surface area (Å²) in [6.45, 7) is -0.851. The lowest BCUT2D eigenvalue weighted by molar-refractivity contribution is 0.417. The van der Waals surface area contributed by atoms with Gasteiger partial charge in [-0.1, -0.05) is 0 Å². The van der Waals surface area contributed by atoms with Crippen LogP contribution < -0.4 is 15.6 Å². The standard InChI is InChI=1S/C21H21FN6O5S/c1-25-9-14(7-24-25)10-27-19(29)17-6-15(28(34(31)32)21(12-22)4-5-21)2-3-18(17)26(20(27)30)11-16-8-23-13-33-16/h2-3,6-9,13,34H,4-5,10-12H2,1H3. The molecule has 11 nitrogen and oxygen atoms in total. The van der Waals surface area contributed by atoms with Crippen LogP contribution in [0, 0.1) is 0 Å². The monoisotopic (exact) mass is 488 g/mol. The summed E-state index contributed by atoms with van der Waals surface area (Å²) in [4.78, 5) is 30.7. The molecule has 0 radical (unpaired) electrons. The number of aryl methyl sites for hydroxylation is 1. The zero-order valence-corrected chi connectivity index (χ0v) is 19.0. The zero-order chi connectivity index (χ0) is 24.0. The molecule has 3 aromatic heterocycles. The molecule has 0 atom stereocenters. The summed E-state index contributed by atoms with van der Waals surface area (Å²) in [5.74, 6) is 0.401. The number of alkyl halides is 1. The number of hydrogen-bond donors (Lipinski definition) is 1. The van der Waals surface area contributed by atoms with E-state index in [2.05, 4.69) is 10.1 Å². The van der Waals surface area contributed by atoms with Crippen LogP contribution in [0.5, 0.6) is 0 Å². The Labute approximate surface area is 193 Å². The summed E-state index contributed by atoms with van der Waals surface area (Å²) in [7, 11) is -1.43. The van der Waals surface area contributed by atoms with Crippen LogP contribution in [0.25, 0.3) is 10.9 Å². The van der Waals surface area contributed by atoms with E-state index in [1.54, 1.807) is 24.1 Å². The molecule has 1 aliphatic carbocycles. The molecule has 4 aromatic rings. The molecule has 0 bridgehead atoms. The average Bonchev–Trinajstić information content (AvgIpc) is 3.20. The minimum atomic E-state index is -3.15. The summed E-state index contributed by atoms with van der Waals surface area (Å²) in [5, 5.41) is 4.20. The second-order valence-electron chi connectivity index (χ2n) is 8.36. The summed E-state index contributed by atoms with van der Waals surface area (Å²) in [6, 6.07) is 4.37. The molecule has 0 amide bonds. The quantitative estimate of drug-likeness (QED) is 0.364. The molecular weight excluding hydrogens is 467 g/mol. The SMILES string of the molecule is Cn1cc(Cn2c(=O)c3cc(N([SH](=O)=O)C4(CF)CC4)ccc3n(Cc3cnco3)c2=O)cn1. The molecular formula is C21H21FN6O5S. The highest BCUT2D eigenvalue weighted by atomic mass is 32.2. The normalized spacial score (nSPS) is 14.7. The molecule has 5 rings (SSSR count). The number of anilines is 1. The van der Waals surface area contributed by atoms with Crippen LogP contribution in [-0.2, 0) is 31.0 Å². The molecule has 0 spiro atoms. The van der Waals surface area contributed by atoms with Crippen molar-refractivity contribution in [3.05, 3.63) is 75.3 Å². The zero-order valence-electron chi connectivity index (χ0n) is 18.1. The van der Waals surface area contributed by atoms with Crippen molar-refractivity contribution in [3.63, 3.8) is 0 Å². The van der Waals surface area contributed by atoms with E-state index in [-0.39, 0.29) is 24.2 Å². The van der Waals surface area contributed by atoms with Crippen LogP contribution in [-0.4, -0.2) is 44.5 Å². The van der Waals surface area contributed by atoms with Gasteiger partial charge in [-0.15, -0.1) is 0 Å². The first-order valence-corrected chi connectivity index (χ1v) is 11.6. The number of rotatable bonds is 8. The van der Waals surface area contributed by atoms with Gasteiger partial charge in [0, 0.05) is 18.8 Å². The fourth-order valence-electron chi connectivity index (χ4n) is 4.14. The molecule has 34 heavy (non-hydrogen) atoms. The molecule has 1 aromatic carbocycles. The lowest BCUT2D eigenvalue weighted by atomic mass is 10.2. The van der Waals surface area contributed by atoms with Gasteiger partial charge in [0.25, 0.3) is 5.56 Å². The first-order chi connectivity index (χ1) is 16.3. The molecule has 178 valence electrons. The fourth-order valence-corrected chi connectivity index (χ4v) is 5.05. The second-order valence-corrected chi connectivity index (χ2v) is 9.23. The largest absolute Gasteiger partial charge is 0.447 e. The van der Waals surface area contributed by atoms with Gasteiger partial charge in [0.2, 0.25) is 10.9 Å². The van der Waals surface area contributed by atoms with E-state index in [4.69, 9.17) is 4.42 Å². The molecule has 0 unspecified atom stereocenters. The predicted octanol–water partition coefficient (Wildman–Crippen LogP) is 0.816. The van der Waals surface area contributed by atoms with Crippen molar-refractivity contribution < 1.29 is 17.2 Å². The van der Waals surface area contributed by atoms with E-state index in [1.165, 1.54) is 35.4 Å². The summed E-state index contributed by atoms with van der Waals surface area (Å²) < 4.78 is 48.1. The first-order valence-electron chi connectivity index (χ1n) is 10.5. The van der Waals surface area contributed by atoms with Crippen LogP contribution in [0.4, 0.5) is 10.1 Å². The van der Waals surface area contributed by atoms with Gasteiger partial charge < -0.3 is 4.42 Å². The lowest BCUT2D eigenvalue weighted by Crippen LogP contribution is -2.41. The fraction of sp³-hybridized carbons (Fsp3) is 0.333. The summed E-state index contributed by atoms with van der Waals surface area (Å²) in [6.07, 6.45) is 6.72. The van der Waals surface area contributed by atoms with Crippen molar-refractivity contribution in [1.29, 1.82) is 0 Å². The van der Waals surface area contributed by atoms with Gasteiger partial charge in [-0.05, 0) is 31.0 Å². The van der Waals surface area contributed by atoms with Crippen LogP contribution in [0.1, 0.15) is 24.2 Å². The molecule has 3 heterocycles. The second kappa shape index (κ2) is 8.24. The Balaban J connectivity index is 1.72. The smallest absolute Gasteiger partial charge is 0.332 e. The molecule has 0 aliphatic heterocycles. The lowest BCUT2D eigenvalue weighted by Gasteiger charge is -2.26. The van der Waals surface area contributed by atoms with Gasteiger partial charge in [-0.2, -0.15) is 5.10 Å². The van der Waals surface area contributed by atoms with Crippen molar-refractivity contribution >= 4 is 27.5 Å². The highest BCUT2D eigenvalue weighted by Gasteiger charge is 2.50. The third-order valence-electron chi connectivity index (χ3n) is 6.04.